The Kier molecular flexibility index (Phi) is 5.38. The molecule has 0 spiro atoms. The zero-order valence-electron chi connectivity index (χ0n) is 12.8. The molecule has 1 heterocycles. The number of hydrogen-bond acceptors (Lipinski definition) is 5. The van der Waals surface area contributed by atoms with E-state index >= 15 is 0 Å². The maximum absolute atomic E-state index is 12.6. The first-order chi connectivity index (χ1) is 10.5. The van der Waals surface area contributed by atoms with Crippen LogP contribution in [0, 0.1) is 0 Å². The van der Waals surface area contributed by atoms with E-state index in [1.54, 1.807) is 13.1 Å². The average molecular weight is 327 g/mol. The van der Waals surface area contributed by atoms with Crippen molar-refractivity contribution >= 4 is 21.6 Å². The predicted octanol–water partition coefficient (Wildman–Crippen LogP) is 0.638. The fraction of sp³-hybridized carbons (Fsp3) is 0.500. The van der Waals surface area contributed by atoms with Crippen LogP contribution in [0.3, 0.4) is 0 Å². The monoisotopic (exact) mass is 327 g/mol. The van der Waals surface area contributed by atoms with Crippen molar-refractivity contribution < 1.29 is 17.9 Å². The van der Waals surface area contributed by atoms with Crippen LogP contribution in [0.5, 0.6) is 5.75 Å². The Morgan fingerprint density at radius 3 is 2.59 bits per heavy atom. The largest absolute Gasteiger partial charge is 0.495 e. The van der Waals surface area contributed by atoms with Gasteiger partial charge in [0.25, 0.3) is 0 Å². The van der Waals surface area contributed by atoms with Crippen LogP contribution in [0.4, 0.5) is 5.69 Å². The van der Waals surface area contributed by atoms with E-state index in [4.69, 9.17) is 4.74 Å². The van der Waals surface area contributed by atoms with Crippen LogP contribution in [-0.4, -0.2) is 52.4 Å². The summed E-state index contributed by atoms with van der Waals surface area (Å²) in [5, 5.41) is 5.42. The Bertz CT molecular complexity index is 639. The minimum atomic E-state index is -3.55. The van der Waals surface area contributed by atoms with Crippen molar-refractivity contribution in [3.63, 3.8) is 0 Å². The molecule has 122 valence electrons. The van der Waals surface area contributed by atoms with Crippen LogP contribution >= 0.6 is 0 Å². The SMILES string of the molecule is CNCC(=O)Nc1ccc(S(=O)(=O)N2CCCC2)c(OC)c1. The molecule has 0 unspecified atom stereocenters. The second-order valence-electron chi connectivity index (χ2n) is 5.06. The van der Waals surface area contributed by atoms with Gasteiger partial charge in [0.1, 0.15) is 10.6 Å². The first-order valence-electron chi connectivity index (χ1n) is 7.11. The molecule has 1 saturated heterocycles. The third-order valence-electron chi connectivity index (χ3n) is 3.47. The zero-order chi connectivity index (χ0) is 16.2. The lowest BCUT2D eigenvalue weighted by Gasteiger charge is -2.18. The Morgan fingerprint density at radius 1 is 1.32 bits per heavy atom. The molecule has 1 fully saturated rings. The van der Waals surface area contributed by atoms with Crippen molar-refractivity contribution in [3.05, 3.63) is 18.2 Å². The van der Waals surface area contributed by atoms with E-state index in [0.717, 1.165) is 12.8 Å². The minimum Gasteiger partial charge on any atom is -0.495 e. The molecular formula is C14H21N3O4S. The quantitative estimate of drug-likeness (QED) is 0.800. The third-order valence-corrected chi connectivity index (χ3v) is 5.41. The Morgan fingerprint density at radius 2 is 2.00 bits per heavy atom. The topological polar surface area (TPSA) is 87.7 Å². The first kappa shape index (κ1) is 16.7. The van der Waals surface area contributed by atoms with Crippen LogP contribution in [0.2, 0.25) is 0 Å². The lowest BCUT2D eigenvalue weighted by atomic mass is 10.3. The number of rotatable bonds is 6. The number of anilines is 1. The number of methoxy groups -OCH3 is 1. The summed E-state index contributed by atoms with van der Waals surface area (Å²) >= 11 is 0. The van der Waals surface area contributed by atoms with Gasteiger partial charge in [0.05, 0.1) is 13.7 Å². The molecule has 0 aliphatic carbocycles. The summed E-state index contributed by atoms with van der Waals surface area (Å²) in [6.45, 7) is 1.24. The summed E-state index contributed by atoms with van der Waals surface area (Å²) in [6.07, 6.45) is 1.75. The Balaban J connectivity index is 2.27. The zero-order valence-corrected chi connectivity index (χ0v) is 13.6. The first-order valence-corrected chi connectivity index (χ1v) is 8.55. The number of benzene rings is 1. The van der Waals surface area contributed by atoms with E-state index in [1.165, 1.54) is 23.5 Å². The fourth-order valence-electron chi connectivity index (χ4n) is 2.39. The highest BCUT2D eigenvalue weighted by molar-refractivity contribution is 7.89. The van der Waals surface area contributed by atoms with Gasteiger partial charge in [-0.15, -0.1) is 0 Å². The Hall–Kier alpha value is -1.64. The van der Waals surface area contributed by atoms with E-state index in [-0.39, 0.29) is 23.1 Å². The van der Waals surface area contributed by atoms with E-state index in [9.17, 15) is 13.2 Å². The molecule has 2 rings (SSSR count). The number of carbonyl (C=O) groups excluding carboxylic acids is 1. The van der Waals surface area contributed by atoms with Crippen molar-refractivity contribution in [2.24, 2.45) is 0 Å². The number of likely N-dealkylation sites (N-methyl/N-ethyl adjacent to an activating group) is 1. The maximum Gasteiger partial charge on any atom is 0.246 e. The summed E-state index contributed by atoms with van der Waals surface area (Å²) < 4.78 is 31.9. The van der Waals surface area contributed by atoms with Crippen LogP contribution < -0.4 is 15.4 Å². The highest BCUT2D eigenvalue weighted by Gasteiger charge is 2.30. The smallest absolute Gasteiger partial charge is 0.246 e. The molecule has 1 aliphatic rings. The maximum atomic E-state index is 12.6. The number of nitrogens with zero attached hydrogens (tertiary/aromatic N) is 1. The highest BCUT2D eigenvalue weighted by atomic mass is 32.2. The highest BCUT2D eigenvalue weighted by Crippen LogP contribution is 2.31. The third kappa shape index (κ3) is 3.57. The van der Waals surface area contributed by atoms with Crippen molar-refractivity contribution in [2.45, 2.75) is 17.7 Å². The van der Waals surface area contributed by atoms with Crippen LogP contribution in [0.1, 0.15) is 12.8 Å². The lowest BCUT2D eigenvalue weighted by molar-refractivity contribution is -0.115. The van der Waals surface area contributed by atoms with Crippen LogP contribution in [0.15, 0.2) is 23.1 Å². The molecule has 2 N–H and O–H groups in total. The molecule has 1 aromatic rings. The predicted molar refractivity (Wildman–Crippen MR) is 83.5 cm³/mol. The molecule has 0 aromatic heterocycles. The number of ether oxygens (including phenoxy) is 1. The molecule has 22 heavy (non-hydrogen) atoms. The summed E-state index contributed by atoms with van der Waals surface area (Å²) in [6, 6.07) is 4.57. The van der Waals surface area contributed by atoms with E-state index < -0.39 is 10.0 Å². The molecule has 0 atom stereocenters. The fourth-order valence-corrected chi connectivity index (χ4v) is 4.05. The molecule has 0 saturated carbocycles. The molecule has 1 amide bonds. The lowest BCUT2D eigenvalue weighted by Crippen LogP contribution is -2.28. The second kappa shape index (κ2) is 7.08. The van der Waals surface area contributed by atoms with Gasteiger partial charge in [-0.3, -0.25) is 4.79 Å². The van der Waals surface area contributed by atoms with Gasteiger partial charge in [0, 0.05) is 24.8 Å². The van der Waals surface area contributed by atoms with Gasteiger partial charge in [-0.2, -0.15) is 4.31 Å². The van der Waals surface area contributed by atoms with Gasteiger partial charge >= 0.3 is 0 Å². The van der Waals surface area contributed by atoms with Crippen molar-refractivity contribution in [3.8, 4) is 5.75 Å². The summed E-state index contributed by atoms with van der Waals surface area (Å²) in [5.41, 5.74) is 0.498. The molecule has 7 nitrogen and oxygen atoms in total. The van der Waals surface area contributed by atoms with Crippen LogP contribution in [0.25, 0.3) is 0 Å². The van der Waals surface area contributed by atoms with Crippen molar-refractivity contribution in [2.75, 3.05) is 39.1 Å². The number of hydrogen-bond donors (Lipinski definition) is 2. The number of carbonyl (C=O) groups is 1. The summed E-state index contributed by atoms with van der Waals surface area (Å²) in [5.74, 6) is 0.0221. The van der Waals surface area contributed by atoms with E-state index in [0.29, 0.717) is 18.8 Å². The molecule has 1 aliphatic heterocycles. The molecule has 0 bridgehead atoms. The van der Waals surface area contributed by atoms with Gasteiger partial charge in [-0.25, -0.2) is 8.42 Å². The van der Waals surface area contributed by atoms with E-state index in [1.807, 2.05) is 0 Å². The molecular weight excluding hydrogens is 306 g/mol. The molecule has 8 heteroatoms. The normalized spacial score (nSPS) is 15.7. The second-order valence-corrected chi connectivity index (χ2v) is 6.96. The van der Waals surface area contributed by atoms with Gasteiger partial charge in [-0.05, 0) is 32.0 Å². The van der Waals surface area contributed by atoms with Gasteiger partial charge in [0.15, 0.2) is 0 Å². The number of nitrogens with one attached hydrogen (secondary N) is 2. The number of sulfonamides is 1. The van der Waals surface area contributed by atoms with Gasteiger partial charge in [-0.1, -0.05) is 0 Å². The molecule has 0 radical (unpaired) electrons. The van der Waals surface area contributed by atoms with E-state index in [2.05, 4.69) is 10.6 Å². The standard InChI is InChI=1S/C14H21N3O4S/c1-15-10-14(18)16-11-5-6-13(12(9-11)21-2)22(19,20)17-7-3-4-8-17/h5-6,9,15H,3-4,7-8,10H2,1-2H3,(H,16,18). The number of amides is 1. The average Bonchev–Trinajstić information content (AvgIpc) is 3.02. The summed E-state index contributed by atoms with van der Waals surface area (Å²) in [4.78, 5) is 11.7. The van der Waals surface area contributed by atoms with Gasteiger partial charge in [0.2, 0.25) is 15.9 Å². The minimum absolute atomic E-state index is 0.128. The summed E-state index contributed by atoms with van der Waals surface area (Å²) in [7, 11) is -0.467. The van der Waals surface area contributed by atoms with Gasteiger partial charge < -0.3 is 15.4 Å². The van der Waals surface area contributed by atoms with Crippen molar-refractivity contribution in [1.29, 1.82) is 0 Å². The molecule has 1 aromatic carbocycles. The Labute approximate surface area is 130 Å². The van der Waals surface area contributed by atoms with Crippen molar-refractivity contribution in [1.82, 2.24) is 9.62 Å². The van der Waals surface area contributed by atoms with Crippen LogP contribution in [-0.2, 0) is 14.8 Å².